The van der Waals surface area contributed by atoms with Crippen molar-refractivity contribution in [2.45, 2.75) is 20.0 Å². The highest BCUT2D eigenvalue weighted by molar-refractivity contribution is 7.14. The van der Waals surface area contributed by atoms with Crippen LogP contribution in [-0.2, 0) is 11.0 Å². The SMILES string of the molecule is Cc1cc(C(=O)N(C)CC(=O)Nc2ccc(Cl)c(C(F)(F)F)c2)sc1C. The summed E-state index contributed by atoms with van der Waals surface area (Å²) in [5, 5.41) is 1.89. The highest BCUT2D eigenvalue weighted by Gasteiger charge is 2.33. The van der Waals surface area contributed by atoms with Crippen LogP contribution in [0.4, 0.5) is 18.9 Å². The Morgan fingerprint density at radius 3 is 2.42 bits per heavy atom. The second-order valence-corrected chi connectivity index (χ2v) is 7.42. The van der Waals surface area contributed by atoms with Crippen LogP contribution >= 0.6 is 22.9 Å². The van der Waals surface area contributed by atoms with Gasteiger partial charge in [0.2, 0.25) is 5.91 Å². The van der Waals surface area contributed by atoms with Crippen LogP contribution in [0.5, 0.6) is 0 Å². The maximum Gasteiger partial charge on any atom is 0.417 e. The van der Waals surface area contributed by atoms with Gasteiger partial charge in [-0.15, -0.1) is 11.3 Å². The summed E-state index contributed by atoms with van der Waals surface area (Å²) < 4.78 is 38.6. The van der Waals surface area contributed by atoms with Gasteiger partial charge in [-0.05, 0) is 43.7 Å². The van der Waals surface area contributed by atoms with Crippen molar-refractivity contribution in [1.82, 2.24) is 4.90 Å². The lowest BCUT2D eigenvalue weighted by Gasteiger charge is -2.16. The number of aryl methyl sites for hydroxylation is 2. The van der Waals surface area contributed by atoms with Crippen LogP contribution in [0.3, 0.4) is 0 Å². The third-order valence-electron chi connectivity index (χ3n) is 3.66. The molecule has 9 heteroatoms. The van der Waals surface area contributed by atoms with E-state index in [1.165, 1.54) is 29.4 Å². The molecule has 2 amide bonds. The van der Waals surface area contributed by atoms with Gasteiger partial charge < -0.3 is 10.2 Å². The molecule has 0 radical (unpaired) electrons. The molecular formula is C17H16ClF3N2O2S. The molecule has 0 fully saturated rings. The molecule has 0 saturated heterocycles. The standard InChI is InChI=1S/C17H16ClF3N2O2S/c1-9-6-14(26-10(9)2)16(25)23(3)8-15(24)22-11-4-5-13(18)12(7-11)17(19,20)21/h4-7H,8H2,1-3H3,(H,22,24). The highest BCUT2D eigenvalue weighted by Crippen LogP contribution is 2.36. The summed E-state index contributed by atoms with van der Waals surface area (Å²) in [5.41, 5.74) is -0.0987. The molecule has 2 aromatic rings. The Hall–Kier alpha value is -2.06. The van der Waals surface area contributed by atoms with E-state index in [4.69, 9.17) is 11.6 Å². The fraction of sp³-hybridized carbons (Fsp3) is 0.294. The zero-order valence-corrected chi connectivity index (χ0v) is 15.8. The lowest BCUT2D eigenvalue weighted by molar-refractivity contribution is -0.137. The molecule has 0 aliphatic rings. The number of thiophene rings is 1. The maximum absolute atomic E-state index is 12.9. The number of anilines is 1. The zero-order chi connectivity index (χ0) is 19.6. The van der Waals surface area contributed by atoms with Gasteiger partial charge in [-0.2, -0.15) is 13.2 Å². The second-order valence-electron chi connectivity index (χ2n) is 5.75. The van der Waals surface area contributed by atoms with Crippen LogP contribution in [-0.4, -0.2) is 30.3 Å². The predicted octanol–water partition coefficient (Wildman–Crippen LogP) is 4.75. The Morgan fingerprint density at radius 2 is 1.88 bits per heavy atom. The minimum Gasteiger partial charge on any atom is -0.332 e. The van der Waals surface area contributed by atoms with Crippen molar-refractivity contribution >= 4 is 40.4 Å². The van der Waals surface area contributed by atoms with E-state index in [2.05, 4.69) is 5.32 Å². The Labute approximate surface area is 157 Å². The molecular weight excluding hydrogens is 389 g/mol. The minimum atomic E-state index is -4.63. The van der Waals surface area contributed by atoms with Crippen LogP contribution in [0.25, 0.3) is 0 Å². The number of carbonyl (C=O) groups is 2. The molecule has 1 aromatic carbocycles. The van der Waals surface area contributed by atoms with E-state index in [-0.39, 0.29) is 18.1 Å². The Balaban J connectivity index is 2.05. The first-order valence-electron chi connectivity index (χ1n) is 7.48. The number of alkyl halides is 3. The Morgan fingerprint density at radius 1 is 1.23 bits per heavy atom. The molecule has 0 unspecified atom stereocenters. The zero-order valence-electron chi connectivity index (χ0n) is 14.2. The van der Waals surface area contributed by atoms with Gasteiger partial charge in [0.1, 0.15) is 0 Å². The normalized spacial score (nSPS) is 11.3. The number of amides is 2. The summed E-state index contributed by atoms with van der Waals surface area (Å²) in [6, 6.07) is 4.83. The number of nitrogens with zero attached hydrogens (tertiary/aromatic N) is 1. The van der Waals surface area contributed by atoms with Crippen molar-refractivity contribution in [3.05, 3.63) is 50.2 Å². The van der Waals surface area contributed by atoms with Crippen molar-refractivity contribution in [3.63, 3.8) is 0 Å². The topological polar surface area (TPSA) is 49.4 Å². The van der Waals surface area contributed by atoms with Crippen LogP contribution in [0.2, 0.25) is 5.02 Å². The molecule has 1 aromatic heterocycles. The fourth-order valence-corrected chi connectivity index (χ4v) is 3.43. The van der Waals surface area contributed by atoms with Crippen LogP contribution in [0.1, 0.15) is 25.7 Å². The molecule has 2 rings (SSSR count). The molecule has 0 bridgehead atoms. The van der Waals surface area contributed by atoms with E-state index in [0.29, 0.717) is 4.88 Å². The van der Waals surface area contributed by atoms with Crippen molar-refractivity contribution in [3.8, 4) is 0 Å². The average molecular weight is 405 g/mol. The Bertz CT molecular complexity index is 830. The summed E-state index contributed by atoms with van der Waals surface area (Å²) >= 11 is 6.87. The first-order chi connectivity index (χ1) is 12.0. The van der Waals surface area contributed by atoms with E-state index in [1.807, 2.05) is 13.8 Å². The molecule has 26 heavy (non-hydrogen) atoms. The van der Waals surface area contributed by atoms with Crippen molar-refractivity contribution in [2.24, 2.45) is 0 Å². The van der Waals surface area contributed by atoms with E-state index < -0.39 is 22.7 Å². The van der Waals surface area contributed by atoms with Gasteiger partial charge in [0.05, 0.1) is 22.0 Å². The number of hydrogen-bond donors (Lipinski definition) is 1. The van der Waals surface area contributed by atoms with Gasteiger partial charge >= 0.3 is 6.18 Å². The molecule has 1 N–H and O–H groups in total. The van der Waals surface area contributed by atoms with Gasteiger partial charge in [-0.25, -0.2) is 0 Å². The van der Waals surface area contributed by atoms with Gasteiger partial charge in [0, 0.05) is 17.6 Å². The number of likely N-dealkylation sites (N-methyl/N-ethyl adjacent to an activating group) is 1. The number of nitrogens with one attached hydrogen (secondary N) is 1. The van der Waals surface area contributed by atoms with E-state index in [0.717, 1.165) is 22.6 Å². The van der Waals surface area contributed by atoms with Gasteiger partial charge in [0.15, 0.2) is 0 Å². The summed E-state index contributed by atoms with van der Waals surface area (Å²) in [4.78, 5) is 27.1. The van der Waals surface area contributed by atoms with Gasteiger partial charge in [-0.3, -0.25) is 9.59 Å². The number of rotatable bonds is 4. The summed E-state index contributed by atoms with van der Waals surface area (Å²) in [6.07, 6.45) is -4.63. The monoisotopic (exact) mass is 404 g/mol. The number of benzene rings is 1. The summed E-state index contributed by atoms with van der Waals surface area (Å²) in [7, 11) is 1.45. The molecule has 0 atom stereocenters. The maximum atomic E-state index is 12.9. The molecule has 0 aliphatic heterocycles. The number of carbonyl (C=O) groups excluding carboxylic acids is 2. The molecule has 4 nitrogen and oxygen atoms in total. The van der Waals surface area contributed by atoms with Crippen molar-refractivity contribution < 1.29 is 22.8 Å². The third kappa shape index (κ3) is 4.76. The van der Waals surface area contributed by atoms with Crippen LogP contribution < -0.4 is 5.32 Å². The second kappa shape index (κ2) is 7.67. The van der Waals surface area contributed by atoms with Crippen molar-refractivity contribution in [2.75, 3.05) is 18.9 Å². The quantitative estimate of drug-likeness (QED) is 0.799. The van der Waals surface area contributed by atoms with Gasteiger partial charge in [-0.1, -0.05) is 11.6 Å². The molecule has 140 valence electrons. The number of hydrogen-bond acceptors (Lipinski definition) is 3. The lowest BCUT2D eigenvalue weighted by Crippen LogP contribution is -2.34. The van der Waals surface area contributed by atoms with Crippen molar-refractivity contribution in [1.29, 1.82) is 0 Å². The number of halogens is 4. The van der Waals surface area contributed by atoms with Crippen LogP contribution in [0.15, 0.2) is 24.3 Å². The molecule has 0 saturated carbocycles. The minimum absolute atomic E-state index is 0.0459. The molecule has 0 spiro atoms. The van der Waals surface area contributed by atoms with E-state index >= 15 is 0 Å². The highest BCUT2D eigenvalue weighted by atomic mass is 35.5. The first-order valence-corrected chi connectivity index (χ1v) is 8.67. The third-order valence-corrected chi connectivity index (χ3v) is 5.13. The van der Waals surface area contributed by atoms with Crippen LogP contribution in [0, 0.1) is 13.8 Å². The summed E-state index contributed by atoms with van der Waals surface area (Å²) in [5.74, 6) is -0.935. The van der Waals surface area contributed by atoms with E-state index in [9.17, 15) is 22.8 Å². The molecule has 0 aliphatic carbocycles. The average Bonchev–Trinajstić information content (AvgIpc) is 2.86. The summed E-state index contributed by atoms with van der Waals surface area (Å²) in [6.45, 7) is 3.48. The largest absolute Gasteiger partial charge is 0.417 e. The predicted molar refractivity (Wildman–Crippen MR) is 95.8 cm³/mol. The lowest BCUT2D eigenvalue weighted by atomic mass is 10.2. The molecule has 1 heterocycles. The Kier molecular flexibility index (Phi) is 5.98. The fourth-order valence-electron chi connectivity index (χ4n) is 2.17. The first kappa shape index (κ1) is 20.3. The van der Waals surface area contributed by atoms with Gasteiger partial charge in [0.25, 0.3) is 5.91 Å². The van der Waals surface area contributed by atoms with E-state index in [1.54, 1.807) is 6.07 Å². The smallest absolute Gasteiger partial charge is 0.332 e.